The van der Waals surface area contributed by atoms with Crippen LogP contribution in [-0.2, 0) is 0 Å². The normalized spacial score (nSPS) is 10.6. The zero-order chi connectivity index (χ0) is 20.5. The van der Waals surface area contributed by atoms with Gasteiger partial charge in [0, 0.05) is 33.9 Å². The number of aromatic nitrogens is 2. The molecule has 6 aromatic rings. The summed E-state index contributed by atoms with van der Waals surface area (Å²) in [5.74, 6) is 0.577. The second-order valence-corrected chi connectivity index (χ2v) is 7.03. The number of pyridine rings is 2. The molecule has 6 rings (SSSR count). The Bertz CT molecular complexity index is 1420. The van der Waals surface area contributed by atoms with Crippen LogP contribution in [0.2, 0.25) is 0 Å². The van der Waals surface area contributed by atoms with E-state index in [1.807, 2.05) is 72.8 Å². The Morgan fingerprint density at radius 3 is 1.29 bits per heavy atom. The summed E-state index contributed by atoms with van der Waals surface area (Å²) in [5, 5.41) is 25.4. The molecular weight excluding hydrogens is 381 g/mol. The fraction of sp³-hybridized carbons (Fsp3) is 0. The SMILES string of the molecule is Oc1cccc2ccc3cccnc3c12.Oc1cccc2ccc3cccnc3c12.[BeH2]. The van der Waals surface area contributed by atoms with E-state index in [1.54, 1.807) is 24.5 Å². The van der Waals surface area contributed by atoms with Crippen LogP contribution in [-0.4, -0.2) is 30.3 Å². The van der Waals surface area contributed by atoms with Crippen molar-refractivity contribution in [2.24, 2.45) is 0 Å². The van der Waals surface area contributed by atoms with Gasteiger partial charge in [-0.1, -0.05) is 60.7 Å². The summed E-state index contributed by atoms with van der Waals surface area (Å²) in [5.41, 5.74) is 1.71. The van der Waals surface area contributed by atoms with E-state index in [0.717, 1.165) is 43.4 Å². The summed E-state index contributed by atoms with van der Waals surface area (Å²) in [6, 6.07) is 26.8. The molecule has 4 nitrogen and oxygen atoms in total. The number of fused-ring (bicyclic) bond motifs is 6. The first kappa shape index (κ1) is 20.3. The molecule has 2 aromatic heterocycles. The van der Waals surface area contributed by atoms with Crippen molar-refractivity contribution in [3.63, 3.8) is 0 Å². The summed E-state index contributed by atoms with van der Waals surface area (Å²) in [6.45, 7) is 0. The van der Waals surface area contributed by atoms with E-state index in [4.69, 9.17) is 0 Å². The van der Waals surface area contributed by atoms with Crippen molar-refractivity contribution < 1.29 is 10.2 Å². The second-order valence-electron chi connectivity index (χ2n) is 7.03. The van der Waals surface area contributed by atoms with Crippen molar-refractivity contribution in [1.29, 1.82) is 0 Å². The van der Waals surface area contributed by atoms with Crippen LogP contribution in [0.3, 0.4) is 0 Å². The number of hydrogen-bond acceptors (Lipinski definition) is 4. The number of phenols is 2. The number of phenolic OH excluding ortho intramolecular Hbond substituents is 2. The predicted octanol–water partition coefficient (Wildman–Crippen LogP) is 5.27. The molecule has 4 aromatic carbocycles. The molecule has 0 fully saturated rings. The fourth-order valence-electron chi connectivity index (χ4n) is 3.79. The summed E-state index contributed by atoms with van der Waals surface area (Å²) < 4.78 is 0. The van der Waals surface area contributed by atoms with Crippen molar-refractivity contribution in [2.45, 2.75) is 0 Å². The van der Waals surface area contributed by atoms with Gasteiger partial charge in [0.05, 0.1) is 11.0 Å². The van der Waals surface area contributed by atoms with Crippen molar-refractivity contribution in [2.75, 3.05) is 0 Å². The van der Waals surface area contributed by atoms with Crippen LogP contribution in [0, 0.1) is 0 Å². The van der Waals surface area contributed by atoms with Gasteiger partial charge in [0.25, 0.3) is 0 Å². The van der Waals surface area contributed by atoms with Gasteiger partial charge in [0.1, 0.15) is 11.5 Å². The Kier molecular flexibility index (Phi) is 5.48. The van der Waals surface area contributed by atoms with Gasteiger partial charge >= 0.3 is 10.1 Å². The standard InChI is InChI=1S/2C13H9NO.Be.2H/c2*15-11-5-1-3-9-6-7-10-4-2-8-14-13(10)12(9)11;;;/h2*1-8,15H;;;. The maximum absolute atomic E-state index is 9.83. The molecule has 0 aliphatic carbocycles. The van der Waals surface area contributed by atoms with Crippen LogP contribution in [0.4, 0.5) is 0 Å². The number of nitrogens with zero attached hydrogens (tertiary/aromatic N) is 2. The third kappa shape index (κ3) is 3.65. The molecular formula is C26H20BeN2O2. The van der Waals surface area contributed by atoms with Gasteiger partial charge in [0.2, 0.25) is 0 Å². The van der Waals surface area contributed by atoms with Gasteiger partial charge in [-0.3, -0.25) is 9.97 Å². The van der Waals surface area contributed by atoms with Crippen molar-refractivity contribution >= 4 is 53.5 Å². The van der Waals surface area contributed by atoms with Crippen LogP contribution in [0.1, 0.15) is 0 Å². The zero-order valence-electron chi connectivity index (χ0n) is 16.0. The van der Waals surface area contributed by atoms with E-state index >= 15 is 0 Å². The molecule has 0 saturated carbocycles. The molecule has 0 aliphatic rings. The average Bonchev–Trinajstić information content (AvgIpc) is 2.79. The fourth-order valence-corrected chi connectivity index (χ4v) is 3.79. The monoisotopic (exact) mass is 401 g/mol. The minimum absolute atomic E-state index is 0. The Balaban J connectivity index is 0.000000144. The Morgan fingerprint density at radius 2 is 0.839 bits per heavy atom. The maximum atomic E-state index is 9.83. The molecule has 148 valence electrons. The third-order valence-corrected chi connectivity index (χ3v) is 5.19. The topological polar surface area (TPSA) is 66.2 Å². The molecule has 0 unspecified atom stereocenters. The molecule has 2 N–H and O–H groups in total. The van der Waals surface area contributed by atoms with Crippen LogP contribution in [0.25, 0.3) is 43.4 Å². The Morgan fingerprint density at radius 1 is 0.452 bits per heavy atom. The molecule has 0 atom stereocenters. The summed E-state index contributed by atoms with van der Waals surface area (Å²) in [4.78, 5) is 8.62. The van der Waals surface area contributed by atoms with Gasteiger partial charge < -0.3 is 10.2 Å². The molecule has 0 aliphatic heterocycles. The van der Waals surface area contributed by atoms with Crippen LogP contribution in [0.15, 0.2) is 97.3 Å². The molecule has 2 heterocycles. The zero-order valence-corrected chi connectivity index (χ0v) is 16.0. The van der Waals surface area contributed by atoms with Gasteiger partial charge in [-0.15, -0.1) is 0 Å². The number of hydrogen-bond donors (Lipinski definition) is 2. The molecule has 0 bridgehead atoms. The van der Waals surface area contributed by atoms with Gasteiger partial charge in [-0.05, 0) is 35.0 Å². The van der Waals surface area contributed by atoms with E-state index < -0.39 is 0 Å². The molecule has 0 spiro atoms. The Hall–Kier alpha value is -4.01. The first-order valence-corrected chi connectivity index (χ1v) is 9.63. The Labute approximate surface area is 182 Å². The quantitative estimate of drug-likeness (QED) is 0.269. The van der Waals surface area contributed by atoms with Crippen LogP contribution in [0.5, 0.6) is 11.5 Å². The molecule has 31 heavy (non-hydrogen) atoms. The van der Waals surface area contributed by atoms with Crippen molar-refractivity contribution in [3.05, 3.63) is 97.3 Å². The number of rotatable bonds is 0. The molecule has 0 amide bonds. The van der Waals surface area contributed by atoms with Crippen LogP contribution < -0.4 is 0 Å². The second kappa shape index (κ2) is 8.39. The average molecular weight is 401 g/mol. The van der Waals surface area contributed by atoms with Crippen LogP contribution >= 0.6 is 0 Å². The van der Waals surface area contributed by atoms with E-state index in [1.165, 1.54) is 0 Å². The molecule has 0 radical (unpaired) electrons. The van der Waals surface area contributed by atoms with E-state index in [0.29, 0.717) is 0 Å². The van der Waals surface area contributed by atoms with E-state index in [2.05, 4.69) is 9.97 Å². The van der Waals surface area contributed by atoms with E-state index in [-0.39, 0.29) is 21.6 Å². The first-order valence-electron chi connectivity index (χ1n) is 9.63. The molecule has 0 saturated heterocycles. The summed E-state index contributed by atoms with van der Waals surface area (Å²) >= 11 is 0. The minimum atomic E-state index is 0. The first-order chi connectivity index (χ1) is 14.7. The predicted molar refractivity (Wildman–Crippen MR) is 130 cm³/mol. The summed E-state index contributed by atoms with van der Waals surface area (Å²) in [7, 11) is 0. The third-order valence-electron chi connectivity index (χ3n) is 5.19. The van der Waals surface area contributed by atoms with Gasteiger partial charge in [0.15, 0.2) is 0 Å². The molecule has 5 heteroatoms. The van der Waals surface area contributed by atoms with Crippen molar-refractivity contribution in [1.82, 2.24) is 9.97 Å². The summed E-state index contributed by atoms with van der Waals surface area (Å²) in [6.07, 6.45) is 3.49. The van der Waals surface area contributed by atoms with E-state index in [9.17, 15) is 10.2 Å². The van der Waals surface area contributed by atoms with Crippen molar-refractivity contribution in [3.8, 4) is 11.5 Å². The number of benzene rings is 4. The number of aromatic hydroxyl groups is 2. The van der Waals surface area contributed by atoms with Gasteiger partial charge in [-0.2, -0.15) is 0 Å². The van der Waals surface area contributed by atoms with Gasteiger partial charge in [-0.25, -0.2) is 0 Å².